The number of ether oxygens (including phenoxy) is 3. The summed E-state index contributed by atoms with van der Waals surface area (Å²) in [7, 11) is 3.09. The van der Waals surface area contributed by atoms with Gasteiger partial charge in [-0.25, -0.2) is 8.78 Å². The molecule has 8 nitrogen and oxygen atoms in total. The third kappa shape index (κ3) is 5.69. The zero-order valence-corrected chi connectivity index (χ0v) is 23.4. The second-order valence-electron chi connectivity index (χ2n) is 9.81. The summed E-state index contributed by atoms with van der Waals surface area (Å²) in [6, 6.07) is 11.7. The van der Waals surface area contributed by atoms with E-state index >= 15 is 0 Å². The summed E-state index contributed by atoms with van der Waals surface area (Å²) in [5.41, 5.74) is 0.719. The third-order valence-corrected chi connectivity index (χ3v) is 6.75. The molecule has 0 aliphatic carbocycles. The van der Waals surface area contributed by atoms with Gasteiger partial charge in [0.1, 0.15) is 11.5 Å². The van der Waals surface area contributed by atoms with Crippen LogP contribution in [0.2, 0.25) is 0 Å². The quantitative estimate of drug-likeness (QED) is 0.185. The maximum absolute atomic E-state index is 13.9. The Morgan fingerprint density at radius 1 is 0.905 bits per heavy atom. The molecule has 0 bridgehead atoms. The van der Waals surface area contributed by atoms with Gasteiger partial charge >= 0.3 is 0 Å². The number of ketones is 1. The normalized spacial score (nSPS) is 11.1. The minimum atomic E-state index is -1.08. The summed E-state index contributed by atoms with van der Waals surface area (Å²) >= 11 is 0. The fourth-order valence-corrected chi connectivity index (χ4v) is 4.46. The standard InChI is InChI=1S/C32H27F2N3O5/c1-18(2)37-16-23(19-5-8-25(33)26(34)11-19)32(39)24(17-37)28(38)12-20-6-7-21(15-36-20)42-29-9-10-35-27-14-31(41-4)30(40-3)13-22(27)29/h5-11,13-18H,12H2,1-4H3. The number of pyridine rings is 3. The van der Waals surface area contributed by atoms with E-state index in [0.717, 1.165) is 12.1 Å². The number of rotatable bonds is 9. The molecule has 0 unspecified atom stereocenters. The number of carbonyl (C=O) groups excluding carboxylic acids is 1. The average Bonchev–Trinajstić information content (AvgIpc) is 2.99. The van der Waals surface area contributed by atoms with Gasteiger partial charge in [-0.1, -0.05) is 6.07 Å². The molecule has 3 aromatic heterocycles. The summed E-state index contributed by atoms with van der Waals surface area (Å²) in [6.45, 7) is 3.76. The highest BCUT2D eigenvalue weighted by Gasteiger charge is 2.19. The molecule has 0 N–H and O–H groups in total. The van der Waals surface area contributed by atoms with Crippen LogP contribution < -0.4 is 19.6 Å². The summed E-state index contributed by atoms with van der Waals surface area (Å²) in [6.07, 6.45) is 5.97. The van der Waals surface area contributed by atoms with Crippen LogP contribution in [0.15, 0.2) is 78.1 Å². The molecule has 5 rings (SSSR count). The highest BCUT2D eigenvalue weighted by molar-refractivity contribution is 5.98. The van der Waals surface area contributed by atoms with Crippen LogP contribution in [0, 0.1) is 11.6 Å². The van der Waals surface area contributed by atoms with Crippen LogP contribution in [-0.2, 0) is 6.42 Å². The molecule has 0 fully saturated rings. The first-order valence-electron chi connectivity index (χ1n) is 13.1. The molecule has 3 heterocycles. The van der Waals surface area contributed by atoms with Gasteiger partial charge in [0.2, 0.25) is 0 Å². The van der Waals surface area contributed by atoms with E-state index in [9.17, 15) is 18.4 Å². The van der Waals surface area contributed by atoms with E-state index in [1.165, 1.54) is 24.7 Å². The molecular formula is C32H27F2N3O5. The van der Waals surface area contributed by atoms with Gasteiger partial charge in [-0.15, -0.1) is 0 Å². The molecule has 214 valence electrons. The molecule has 0 amide bonds. The van der Waals surface area contributed by atoms with Gasteiger partial charge in [-0.3, -0.25) is 19.6 Å². The molecule has 0 aliphatic heterocycles. The molecule has 0 radical (unpaired) electrons. The molecule has 5 aromatic rings. The van der Waals surface area contributed by atoms with E-state index in [1.54, 1.807) is 55.3 Å². The Labute approximate surface area is 240 Å². The van der Waals surface area contributed by atoms with E-state index in [-0.39, 0.29) is 29.2 Å². The molecule has 0 atom stereocenters. The number of nitrogens with zero attached hydrogens (tertiary/aromatic N) is 3. The number of hydrogen-bond donors (Lipinski definition) is 0. The highest BCUT2D eigenvalue weighted by atomic mass is 19.2. The molecular weight excluding hydrogens is 544 g/mol. The topological polar surface area (TPSA) is 92.5 Å². The van der Waals surface area contributed by atoms with Crippen molar-refractivity contribution in [1.29, 1.82) is 0 Å². The van der Waals surface area contributed by atoms with Gasteiger partial charge in [0, 0.05) is 47.3 Å². The molecule has 10 heteroatoms. The van der Waals surface area contributed by atoms with Crippen molar-refractivity contribution in [3.63, 3.8) is 0 Å². The molecule has 42 heavy (non-hydrogen) atoms. The zero-order valence-electron chi connectivity index (χ0n) is 23.4. The van der Waals surface area contributed by atoms with E-state index < -0.39 is 22.8 Å². The predicted octanol–water partition coefficient (Wildman–Crippen LogP) is 6.55. The van der Waals surface area contributed by atoms with Gasteiger partial charge in [0.15, 0.2) is 34.3 Å². The molecule has 2 aromatic carbocycles. The average molecular weight is 572 g/mol. The Hall–Kier alpha value is -5.12. The highest BCUT2D eigenvalue weighted by Crippen LogP contribution is 2.36. The lowest BCUT2D eigenvalue weighted by Gasteiger charge is -2.15. The SMILES string of the molecule is COc1cc2nccc(Oc3ccc(CC(=O)c4cn(C(C)C)cc(-c5ccc(F)c(F)c5)c4=O)nc3)c2cc1OC. The number of aromatic nitrogens is 3. The van der Waals surface area contributed by atoms with Crippen LogP contribution in [0.5, 0.6) is 23.0 Å². The smallest absolute Gasteiger partial charge is 0.200 e. The van der Waals surface area contributed by atoms with Crippen LogP contribution >= 0.6 is 0 Å². The predicted molar refractivity (Wildman–Crippen MR) is 154 cm³/mol. The third-order valence-electron chi connectivity index (χ3n) is 6.75. The number of halogens is 2. The Morgan fingerprint density at radius 3 is 2.33 bits per heavy atom. The van der Waals surface area contributed by atoms with Gasteiger partial charge in [0.25, 0.3) is 0 Å². The van der Waals surface area contributed by atoms with Crippen LogP contribution in [0.25, 0.3) is 22.0 Å². The van der Waals surface area contributed by atoms with Gasteiger partial charge in [-0.05, 0) is 55.8 Å². The molecule has 0 saturated heterocycles. The second kappa shape index (κ2) is 11.8. The summed E-state index contributed by atoms with van der Waals surface area (Å²) in [4.78, 5) is 35.3. The lowest BCUT2D eigenvalue weighted by molar-refractivity contribution is 0.0990. The van der Waals surface area contributed by atoms with Crippen LogP contribution in [0.3, 0.4) is 0 Å². The van der Waals surface area contributed by atoms with E-state index in [4.69, 9.17) is 14.2 Å². The van der Waals surface area contributed by atoms with Gasteiger partial charge in [0.05, 0.1) is 37.9 Å². The molecule has 0 spiro atoms. The fourth-order valence-electron chi connectivity index (χ4n) is 4.46. The van der Waals surface area contributed by atoms with Crippen molar-refractivity contribution in [3.8, 4) is 34.1 Å². The van der Waals surface area contributed by atoms with E-state index in [2.05, 4.69) is 9.97 Å². The van der Waals surface area contributed by atoms with Crippen molar-refractivity contribution in [1.82, 2.24) is 14.5 Å². The van der Waals surface area contributed by atoms with Gasteiger partial charge in [-0.2, -0.15) is 0 Å². The number of benzene rings is 2. The number of hydrogen-bond acceptors (Lipinski definition) is 7. The first kappa shape index (κ1) is 28.4. The van der Waals surface area contributed by atoms with Crippen molar-refractivity contribution in [2.24, 2.45) is 0 Å². The molecule has 0 aliphatic rings. The number of fused-ring (bicyclic) bond motifs is 1. The minimum absolute atomic E-state index is 0.0688. The maximum Gasteiger partial charge on any atom is 0.200 e. The maximum atomic E-state index is 13.9. The summed E-state index contributed by atoms with van der Waals surface area (Å²) in [5, 5.41) is 0.705. The molecule has 0 saturated carbocycles. The van der Waals surface area contributed by atoms with E-state index in [1.807, 2.05) is 13.8 Å². The van der Waals surface area contributed by atoms with Crippen molar-refractivity contribution >= 4 is 16.7 Å². The Bertz CT molecular complexity index is 1850. The van der Waals surface area contributed by atoms with Crippen molar-refractivity contribution in [3.05, 3.63) is 106 Å². The summed E-state index contributed by atoms with van der Waals surface area (Å²) in [5.74, 6) is -0.538. The van der Waals surface area contributed by atoms with Crippen molar-refractivity contribution in [2.75, 3.05) is 14.2 Å². The first-order chi connectivity index (χ1) is 20.2. The monoisotopic (exact) mass is 571 g/mol. The lowest BCUT2D eigenvalue weighted by atomic mass is 10.0. The number of methoxy groups -OCH3 is 2. The Morgan fingerprint density at radius 2 is 1.67 bits per heavy atom. The van der Waals surface area contributed by atoms with Crippen LogP contribution in [0.4, 0.5) is 8.78 Å². The zero-order chi connectivity index (χ0) is 30.0. The van der Waals surface area contributed by atoms with Crippen LogP contribution in [-0.4, -0.2) is 34.5 Å². The lowest BCUT2D eigenvalue weighted by Crippen LogP contribution is -2.22. The number of carbonyl (C=O) groups is 1. The van der Waals surface area contributed by atoms with Gasteiger partial charge < -0.3 is 18.8 Å². The fraction of sp³-hybridized carbons (Fsp3) is 0.188. The van der Waals surface area contributed by atoms with E-state index in [0.29, 0.717) is 39.6 Å². The number of Topliss-reactive ketones (excluding diaryl/α,β-unsaturated/α-hetero) is 1. The van der Waals surface area contributed by atoms with Crippen molar-refractivity contribution < 1.29 is 27.8 Å². The summed E-state index contributed by atoms with van der Waals surface area (Å²) < 4.78 is 45.9. The Balaban J connectivity index is 1.40. The Kier molecular flexibility index (Phi) is 7.97. The van der Waals surface area contributed by atoms with Crippen molar-refractivity contribution in [2.45, 2.75) is 26.3 Å². The first-order valence-corrected chi connectivity index (χ1v) is 13.1. The van der Waals surface area contributed by atoms with Crippen LogP contribution in [0.1, 0.15) is 35.9 Å². The minimum Gasteiger partial charge on any atom is -0.493 e. The second-order valence-corrected chi connectivity index (χ2v) is 9.81. The largest absolute Gasteiger partial charge is 0.493 e.